The standard InChI is InChI=1S/C21H25N7O/c29-21(22-16-8-4-5-9-16)23-17-12-13-27(14-17)19-11-10-18-24-25-20(28(18)26-19)15-6-2-1-3-7-15/h1-3,6-7,10-11,16-17H,4-5,8-9,12-14H2,(H2,22,23,29). The lowest BCUT2D eigenvalue weighted by Gasteiger charge is -2.19. The van der Waals surface area contributed by atoms with Crippen molar-refractivity contribution < 1.29 is 4.79 Å². The Bertz CT molecular complexity index is 997. The Balaban J connectivity index is 1.28. The van der Waals surface area contributed by atoms with Crippen molar-refractivity contribution in [2.75, 3.05) is 18.0 Å². The molecule has 3 heterocycles. The molecule has 1 saturated carbocycles. The zero-order valence-corrected chi connectivity index (χ0v) is 16.3. The normalized spacial score (nSPS) is 19.7. The highest BCUT2D eigenvalue weighted by atomic mass is 16.2. The zero-order chi connectivity index (χ0) is 19.6. The average Bonchev–Trinajstić information content (AvgIpc) is 3.49. The molecule has 2 N–H and O–H groups in total. The van der Waals surface area contributed by atoms with Gasteiger partial charge in [-0.3, -0.25) is 0 Å². The Morgan fingerprint density at radius 1 is 0.931 bits per heavy atom. The van der Waals surface area contributed by atoms with Crippen molar-refractivity contribution in [2.45, 2.75) is 44.2 Å². The Kier molecular flexibility index (Phi) is 4.75. The van der Waals surface area contributed by atoms with Gasteiger partial charge in [-0.05, 0) is 31.4 Å². The van der Waals surface area contributed by atoms with Crippen molar-refractivity contribution in [2.24, 2.45) is 0 Å². The number of anilines is 1. The van der Waals surface area contributed by atoms with E-state index in [1.165, 1.54) is 12.8 Å². The van der Waals surface area contributed by atoms with Crippen LogP contribution in [0.4, 0.5) is 10.6 Å². The number of amides is 2. The van der Waals surface area contributed by atoms with Crippen molar-refractivity contribution >= 4 is 17.5 Å². The molecule has 0 spiro atoms. The van der Waals surface area contributed by atoms with Crippen molar-refractivity contribution in [3.63, 3.8) is 0 Å². The number of hydrogen-bond acceptors (Lipinski definition) is 5. The molecule has 0 radical (unpaired) electrons. The van der Waals surface area contributed by atoms with E-state index in [1.54, 1.807) is 4.52 Å². The van der Waals surface area contributed by atoms with Crippen LogP contribution in [0.2, 0.25) is 0 Å². The predicted molar refractivity (Wildman–Crippen MR) is 111 cm³/mol. The van der Waals surface area contributed by atoms with Crippen LogP contribution in [0, 0.1) is 0 Å². The second-order valence-corrected chi connectivity index (χ2v) is 7.88. The Morgan fingerprint density at radius 3 is 2.55 bits per heavy atom. The summed E-state index contributed by atoms with van der Waals surface area (Å²) in [5.74, 6) is 1.60. The van der Waals surface area contributed by atoms with Gasteiger partial charge in [0.15, 0.2) is 11.5 Å². The minimum absolute atomic E-state index is 0.0441. The molecular weight excluding hydrogens is 366 g/mol. The second-order valence-electron chi connectivity index (χ2n) is 7.88. The van der Waals surface area contributed by atoms with E-state index < -0.39 is 0 Å². The zero-order valence-electron chi connectivity index (χ0n) is 16.3. The molecule has 1 aliphatic carbocycles. The maximum absolute atomic E-state index is 12.3. The Hall–Kier alpha value is -3.16. The number of fused-ring (bicyclic) bond motifs is 1. The lowest BCUT2D eigenvalue weighted by atomic mass is 10.2. The van der Waals surface area contributed by atoms with Crippen LogP contribution in [-0.2, 0) is 0 Å². The fourth-order valence-corrected chi connectivity index (χ4v) is 4.28. The summed E-state index contributed by atoms with van der Waals surface area (Å²) < 4.78 is 1.79. The van der Waals surface area contributed by atoms with E-state index in [4.69, 9.17) is 5.10 Å². The lowest BCUT2D eigenvalue weighted by Crippen LogP contribution is -2.46. The molecule has 2 aromatic heterocycles. The Morgan fingerprint density at radius 2 is 1.72 bits per heavy atom. The molecule has 1 unspecified atom stereocenters. The molecule has 1 aliphatic heterocycles. The van der Waals surface area contributed by atoms with E-state index in [1.807, 2.05) is 42.5 Å². The van der Waals surface area contributed by atoms with Gasteiger partial charge in [-0.15, -0.1) is 15.3 Å². The van der Waals surface area contributed by atoms with Crippen LogP contribution >= 0.6 is 0 Å². The van der Waals surface area contributed by atoms with E-state index in [9.17, 15) is 4.79 Å². The van der Waals surface area contributed by atoms with Gasteiger partial charge in [-0.2, -0.15) is 4.52 Å². The minimum atomic E-state index is -0.0441. The predicted octanol–water partition coefficient (Wildman–Crippen LogP) is 2.61. The summed E-state index contributed by atoms with van der Waals surface area (Å²) in [6.45, 7) is 1.61. The van der Waals surface area contributed by atoms with Crippen LogP contribution in [-0.4, -0.2) is 51.0 Å². The van der Waals surface area contributed by atoms with Gasteiger partial charge in [0, 0.05) is 30.7 Å². The minimum Gasteiger partial charge on any atom is -0.353 e. The molecule has 150 valence electrons. The maximum atomic E-state index is 12.3. The van der Waals surface area contributed by atoms with Crippen molar-refractivity contribution in [3.8, 4) is 11.4 Å². The third kappa shape index (κ3) is 3.74. The van der Waals surface area contributed by atoms with Gasteiger partial charge >= 0.3 is 6.03 Å². The number of aromatic nitrogens is 4. The fraction of sp³-hybridized carbons (Fsp3) is 0.429. The van der Waals surface area contributed by atoms with Gasteiger partial charge in [0.05, 0.1) is 0 Å². The summed E-state index contributed by atoms with van der Waals surface area (Å²) in [6, 6.07) is 14.3. The molecule has 8 heteroatoms. The molecular formula is C21H25N7O. The molecule has 29 heavy (non-hydrogen) atoms. The number of hydrogen-bond donors (Lipinski definition) is 2. The molecule has 8 nitrogen and oxygen atoms in total. The molecule has 1 atom stereocenters. The second kappa shape index (κ2) is 7.69. The molecule has 1 saturated heterocycles. The highest BCUT2D eigenvalue weighted by molar-refractivity contribution is 5.74. The number of rotatable bonds is 4. The lowest BCUT2D eigenvalue weighted by molar-refractivity contribution is 0.234. The summed E-state index contributed by atoms with van der Waals surface area (Å²) in [5, 5.41) is 19.5. The first kappa shape index (κ1) is 17.9. The molecule has 3 aromatic rings. The van der Waals surface area contributed by atoms with E-state index in [0.29, 0.717) is 6.04 Å². The van der Waals surface area contributed by atoms with Crippen LogP contribution in [0.15, 0.2) is 42.5 Å². The first-order chi connectivity index (χ1) is 14.3. The summed E-state index contributed by atoms with van der Waals surface area (Å²) in [6.07, 6.45) is 5.52. The summed E-state index contributed by atoms with van der Waals surface area (Å²) in [5.41, 5.74) is 1.70. The molecule has 5 rings (SSSR count). The number of carbonyl (C=O) groups excluding carboxylic acids is 1. The van der Waals surface area contributed by atoms with E-state index in [0.717, 1.165) is 55.2 Å². The first-order valence-electron chi connectivity index (χ1n) is 10.4. The van der Waals surface area contributed by atoms with Crippen LogP contribution in [0.25, 0.3) is 17.0 Å². The molecule has 2 amide bonds. The van der Waals surface area contributed by atoms with Gasteiger partial charge in [0.1, 0.15) is 5.82 Å². The third-order valence-corrected chi connectivity index (χ3v) is 5.82. The van der Waals surface area contributed by atoms with Gasteiger partial charge in [0.2, 0.25) is 0 Å². The van der Waals surface area contributed by atoms with E-state index in [-0.39, 0.29) is 12.1 Å². The third-order valence-electron chi connectivity index (χ3n) is 5.82. The van der Waals surface area contributed by atoms with E-state index >= 15 is 0 Å². The monoisotopic (exact) mass is 391 g/mol. The average molecular weight is 391 g/mol. The van der Waals surface area contributed by atoms with Gasteiger partial charge < -0.3 is 15.5 Å². The molecule has 2 aliphatic rings. The van der Waals surface area contributed by atoms with Gasteiger partial charge in [-0.25, -0.2) is 4.79 Å². The first-order valence-corrected chi connectivity index (χ1v) is 10.4. The van der Waals surface area contributed by atoms with Crippen LogP contribution in [0.3, 0.4) is 0 Å². The van der Waals surface area contributed by atoms with E-state index in [2.05, 4.69) is 25.7 Å². The van der Waals surface area contributed by atoms with Crippen LogP contribution in [0.5, 0.6) is 0 Å². The largest absolute Gasteiger partial charge is 0.353 e. The fourth-order valence-electron chi connectivity index (χ4n) is 4.28. The summed E-state index contributed by atoms with van der Waals surface area (Å²) >= 11 is 0. The number of nitrogens with one attached hydrogen (secondary N) is 2. The summed E-state index contributed by atoms with van der Waals surface area (Å²) in [7, 11) is 0. The molecule has 2 fully saturated rings. The highest BCUT2D eigenvalue weighted by Crippen LogP contribution is 2.22. The topological polar surface area (TPSA) is 87.5 Å². The van der Waals surface area contributed by atoms with Crippen LogP contribution in [0.1, 0.15) is 32.1 Å². The maximum Gasteiger partial charge on any atom is 0.315 e. The van der Waals surface area contributed by atoms with Gasteiger partial charge in [-0.1, -0.05) is 43.2 Å². The Labute approximate surface area is 169 Å². The SMILES string of the molecule is O=C(NC1CCCC1)NC1CCN(c2ccc3nnc(-c4ccccc4)n3n2)C1. The van der Waals surface area contributed by atoms with Crippen molar-refractivity contribution in [3.05, 3.63) is 42.5 Å². The summed E-state index contributed by atoms with van der Waals surface area (Å²) in [4.78, 5) is 14.5. The smallest absolute Gasteiger partial charge is 0.315 e. The number of benzene rings is 1. The van der Waals surface area contributed by atoms with Crippen molar-refractivity contribution in [1.29, 1.82) is 0 Å². The number of nitrogens with zero attached hydrogens (tertiary/aromatic N) is 5. The highest BCUT2D eigenvalue weighted by Gasteiger charge is 2.26. The number of urea groups is 1. The molecule has 0 bridgehead atoms. The van der Waals surface area contributed by atoms with Gasteiger partial charge in [0.25, 0.3) is 0 Å². The quantitative estimate of drug-likeness (QED) is 0.714. The van der Waals surface area contributed by atoms with Crippen LogP contribution < -0.4 is 15.5 Å². The number of carbonyl (C=O) groups is 1. The van der Waals surface area contributed by atoms with Crippen molar-refractivity contribution in [1.82, 2.24) is 30.4 Å². The molecule has 1 aromatic carbocycles.